The van der Waals surface area contributed by atoms with Gasteiger partial charge in [-0.05, 0) is 71.1 Å². The number of carbonyl (C=O) groups is 2. The van der Waals surface area contributed by atoms with E-state index in [9.17, 15) is 9.59 Å². The standard InChI is InChI=1S/C34H35NO6/c1-5-32(36)41-33-30(10-7-11-31(33)40-28-18-16-24(17-19-28)23(2)3)39-21-20-35-34(37)26-14-12-25(13-15-26)27-8-6-9-29(22-27)38-4/h6-19,22-23H,5,20-21H2,1-4H3,(H,35,37). The number of nitrogens with one attached hydrogen (secondary N) is 1. The van der Waals surface area contributed by atoms with Gasteiger partial charge in [0.15, 0.2) is 11.5 Å². The summed E-state index contributed by atoms with van der Waals surface area (Å²) in [5, 5.41) is 2.86. The Morgan fingerprint density at radius 3 is 2.20 bits per heavy atom. The SMILES string of the molecule is CCC(=O)Oc1c(OCCNC(=O)c2ccc(-c3cccc(OC)c3)cc2)cccc1Oc1ccc(C(C)C)cc1. The number of hydrogen-bond acceptors (Lipinski definition) is 6. The molecule has 0 aliphatic carbocycles. The van der Waals surface area contributed by atoms with Gasteiger partial charge in [0.05, 0.1) is 13.7 Å². The van der Waals surface area contributed by atoms with Gasteiger partial charge in [-0.2, -0.15) is 0 Å². The minimum atomic E-state index is -0.410. The van der Waals surface area contributed by atoms with Crippen LogP contribution in [0.15, 0.2) is 91.0 Å². The molecule has 0 atom stereocenters. The van der Waals surface area contributed by atoms with E-state index < -0.39 is 5.97 Å². The van der Waals surface area contributed by atoms with Crippen LogP contribution < -0.4 is 24.3 Å². The van der Waals surface area contributed by atoms with Crippen molar-refractivity contribution < 1.29 is 28.5 Å². The van der Waals surface area contributed by atoms with Crippen molar-refractivity contribution in [2.45, 2.75) is 33.1 Å². The van der Waals surface area contributed by atoms with Gasteiger partial charge >= 0.3 is 5.97 Å². The average Bonchev–Trinajstić information content (AvgIpc) is 3.00. The summed E-state index contributed by atoms with van der Waals surface area (Å²) in [6.45, 7) is 6.38. The summed E-state index contributed by atoms with van der Waals surface area (Å²) < 4.78 is 22.8. The maximum Gasteiger partial charge on any atom is 0.311 e. The molecule has 41 heavy (non-hydrogen) atoms. The molecule has 0 radical (unpaired) electrons. The molecular weight excluding hydrogens is 518 g/mol. The second-order valence-electron chi connectivity index (χ2n) is 9.65. The summed E-state index contributed by atoms with van der Waals surface area (Å²) in [6.07, 6.45) is 0.198. The molecule has 0 aliphatic heterocycles. The van der Waals surface area contributed by atoms with Crippen LogP contribution in [0, 0.1) is 0 Å². The molecule has 4 aromatic carbocycles. The molecule has 0 unspecified atom stereocenters. The summed E-state index contributed by atoms with van der Waals surface area (Å²) in [5.41, 5.74) is 3.72. The minimum Gasteiger partial charge on any atom is -0.497 e. The molecule has 212 valence electrons. The van der Waals surface area contributed by atoms with Crippen LogP contribution in [0.3, 0.4) is 0 Å². The van der Waals surface area contributed by atoms with E-state index in [4.69, 9.17) is 18.9 Å². The topological polar surface area (TPSA) is 83.1 Å². The maximum atomic E-state index is 12.7. The minimum absolute atomic E-state index is 0.164. The molecule has 4 rings (SSSR count). The Kier molecular flexibility index (Phi) is 9.99. The number of ether oxygens (including phenoxy) is 4. The molecule has 0 saturated heterocycles. The van der Waals surface area contributed by atoms with Gasteiger partial charge in [-0.3, -0.25) is 9.59 Å². The van der Waals surface area contributed by atoms with E-state index in [2.05, 4.69) is 19.2 Å². The molecule has 0 saturated carbocycles. The number of benzene rings is 4. The van der Waals surface area contributed by atoms with Crippen molar-refractivity contribution in [3.05, 3.63) is 102 Å². The van der Waals surface area contributed by atoms with E-state index in [1.807, 2.05) is 60.7 Å². The van der Waals surface area contributed by atoms with Gasteiger partial charge in [-0.1, -0.05) is 63.2 Å². The molecule has 0 aromatic heterocycles. The molecule has 1 N–H and O–H groups in total. The molecule has 0 fully saturated rings. The maximum absolute atomic E-state index is 12.7. The highest BCUT2D eigenvalue weighted by molar-refractivity contribution is 5.94. The molecule has 0 aliphatic rings. The third-order valence-electron chi connectivity index (χ3n) is 6.42. The Morgan fingerprint density at radius 2 is 1.51 bits per heavy atom. The van der Waals surface area contributed by atoms with Crippen LogP contribution in [-0.4, -0.2) is 32.1 Å². The van der Waals surface area contributed by atoms with E-state index >= 15 is 0 Å². The average molecular weight is 554 g/mol. The van der Waals surface area contributed by atoms with Gasteiger partial charge in [-0.25, -0.2) is 0 Å². The van der Waals surface area contributed by atoms with Gasteiger partial charge in [0.1, 0.15) is 18.1 Å². The van der Waals surface area contributed by atoms with Crippen LogP contribution in [0.5, 0.6) is 28.7 Å². The Balaban J connectivity index is 1.38. The lowest BCUT2D eigenvalue weighted by atomic mass is 10.0. The van der Waals surface area contributed by atoms with Crippen LogP contribution in [-0.2, 0) is 4.79 Å². The summed E-state index contributed by atoms with van der Waals surface area (Å²) >= 11 is 0. The second-order valence-corrected chi connectivity index (χ2v) is 9.65. The molecular formula is C34H35NO6. The molecule has 0 bridgehead atoms. The molecule has 0 spiro atoms. The Morgan fingerprint density at radius 1 is 0.805 bits per heavy atom. The van der Waals surface area contributed by atoms with Gasteiger partial charge in [0.2, 0.25) is 5.75 Å². The first-order chi connectivity index (χ1) is 19.9. The number of esters is 1. The monoisotopic (exact) mass is 553 g/mol. The molecule has 4 aromatic rings. The summed E-state index contributed by atoms with van der Waals surface area (Å²) in [5.74, 6) is 2.07. The Labute approximate surface area is 241 Å². The fourth-order valence-electron chi connectivity index (χ4n) is 4.07. The number of rotatable bonds is 12. The van der Waals surface area contributed by atoms with Crippen molar-refractivity contribution in [3.8, 4) is 39.9 Å². The number of methoxy groups -OCH3 is 1. The first kappa shape index (κ1) is 29.2. The zero-order chi connectivity index (χ0) is 29.2. The summed E-state index contributed by atoms with van der Waals surface area (Å²) in [7, 11) is 1.63. The van der Waals surface area contributed by atoms with Crippen molar-refractivity contribution in [1.82, 2.24) is 5.32 Å². The molecule has 7 nitrogen and oxygen atoms in total. The first-order valence-electron chi connectivity index (χ1n) is 13.6. The third kappa shape index (κ3) is 7.88. The van der Waals surface area contributed by atoms with E-state index in [1.165, 1.54) is 5.56 Å². The normalized spacial score (nSPS) is 10.7. The summed E-state index contributed by atoms with van der Waals surface area (Å²) in [6, 6.07) is 28.1. The van der Waals surface area contributed by atoms with Crippen LogP contribution >= 0.6 is 0 Å². The highest BCUT2D eigenvalue weighted by Gasteiger charge is 2.17. The lowest BCUT2D eigenvalue weighted by Gasteiger charge is -2.16. The summed E-state index contributed by atoms with van der Waals surface area (Å²) in [4.78, 5) is 24.9. The van der Waals surface area contributed by atoms with Crippen LogP contribution in [0.1, 0.15) is 49.0 Å². The number of hydrogen-bond donors (Lipinski definition) is 1. The Bertz CT molecular complexity index is 1460. The van der Waals surface area contributed by atoms with Gasteiger partial charge in [0.25, 0.3) is 5.91 Å². The van der Waals surface area contributed by atoms with E-state index in [0.29, 0.717) is 28.7 Å². The first-order valence-corrected chi connectivity index (χ1v) is 13.6. The number of carbonyl (C=O) groups excluding carboxylic acids is 2. The van der Waals surface area contributed by atoms with Crippen molar-refractivity contribution in [1.29, 1.82) is 0 Å². The van der Waals surface area contributed by atoms with Crippen LogP contribution in [0.2, 0.25) is 0 Å². The van der Waals surface area contributed by atoms with E-state index in [0.717, 1.165) is 16.9 Å². The van der Waals surface area contributed by atoms with Crippen molar-refractivity contribution in [2.75, 3.05) is 20.3 Å². The molecule has 7 heteroatoms. The Hall–Kier alpha value is -4.78. The lowest BCUT2D eigenvalue weighted by molar-refractivity contribution is -0.134. The molecule has 0 heterocycles. The van der Waals surface area contributed by atoms with E-state index in [1.54, 1.807) is 44.4 Å². The zero-order valence-electron chi connectivity index (χ0n) is 23.8. The van der Waals surface area contributed by atoms with E-state index in [-0.39, 0.29) is 31.2 Å². The fourth-order valence-corrected chi connectivity index (χ4v) is 4.07. The highest BCUT2D eigenvalue weighted by Crippen LogP contribution is 2.40. The quantitative estimate of drug-likeness (QED) is 0.112. The second kappa shape index (κ2) is 14.0. The molecule has 1 amide bonds. The predicted octanol–water partition coefficient (Wildman–Crippen LogP) is 7.40. The van der Waals surface area contributed by atoms with Crippen LogP contribution in [0.25, 0.3) is 11.1 Å². The zero-order valence-corrected chi connectivity index (χ0v) is 23.8. The van der Waals surface area contributed by atoms with Gasteiger partial charge < -0.3 is 24.3 Å². The number of para-hydroxylation sites is 1. The lowest BCUT2D eigenvalue weighted by Crippen LogP contribution is -2.28. The van der Waals surface area contributed by atoms with Gasteiger partial charge in [0, 0.05) is 12.0 Å². The van der Waals surface area contributed by atoms with Crippen molar-refractivity contribution >= 4 is 11.9 Å². The van der Waals surface area contributed by atoms with Crippen molar-refractivity contribution in [2.24, 2.45) is 0 Å². The number of amides is 1. The predicted molar refractivity (Wildman–Crippen MR) is 159 cm³/mol. The largest absolute Gasteiger partial charge is 0.497 e. The smallest absolute Gasteiger partial charge is 0.311 e. The fraction of sp³-hybridized carbons (Fsp3) is 0.235. The van der Waals surface area contributed by atoms with Crippen LogP contribution in [0.4, 0.5) is 0 Å². The highest BCUT2D eigenvalue weighted by atomic mass is 16.6. The van der Waals surface area contributed by atoms with Gasteiger partial charge in [-0.15, -0.1) is 0 Å². The third-order valence-corrected chi connectivity index (χ3v) is 6.42. The van der Waals surface area contributed by atoms with Crippen molar-refractivity contribution in [3.63, 3.8) is 0 Å².